The molecule has 0 unspecified atom stereocenters. The Bertz CT molecular complexity index is 907. The first-order chi connectivity index (χ1) is 11.9. The van der Waals surface area contributed by atoms with Gasteiger partial charge in [0, 0.05) is 0 Å². The minimum Gasteiger partial charge on any atom is -0.484 e. The van der Waals surface area contributed by atoms with Crippen molar-refractivity contribution < 1.29 is 22.7 Å². The van der Waals surface area contributed by atoms with Crippen molar-refractivity contribution in [3.05, 3.63) is 28.8 Å². The molecule has 0 spiro atoms. The quantitative estimate of drug-likeness (QED) is 0.717. The molecule has 2 heterocycles. The van der Waals surface area contributed by atoms with Crippen LogP contribution in [0.25, 0.3) is 10.2 Å². The summed E-state index contributed by atoms with van der Waals surface area (Å²) >= 11 is 2.14. The Labute approximate surface area is 147 Å². The summed E-state index contributed by atoms with van der Waals surface area (Å²) in [4.78, 5) is 16.9. The number of fused-ring (bicyclic) bond motifs is 1. The predicted molar refractivity (Wildman–Crippen MR) is 88.4 cm³/mol. The molecule has 3 aromatic rings. The zero-order chi connectivity index (χ0) is 18.0. The van der Waals surface area contributed by atoms with Crippen molar-refractivity contribution in [1.82, 2.24) is 14.6 Å². The zero-order valence-electron chi connectivity index (χ0n) is 12.8. The molecule has 132 valence electrons. The van der Waals surface area contributed by atoms with Crippen LogP contribution in [0.1, 0.15) is 22.3 Å². The number of hydrogen-bond acceptors (Lipinski definition) is 7. The molecule has 0 bridgehead atoms. The van der Waals surface area contributed by atoms with Crippen LogP contribution in [0.15, 0.2) is 18.2 Å². The van der Waals surface area contributed by atoms with E-state index in [-0.39, 0.29) is 11.7 Å². The van der Waals surface area contributed by atoms with E-state index < -0.39 is 12.8 Å². The maximum Gasteiger partial charge on any atom is 0.422 e. The van der Waals surface area contributed by atoms with Crippen LogP contribution < -0.4 is 10.1 Å². The molecule has 2 aromatic heterocycles. The van der Waals surface area contributed by atoms with Gasteiger partial charge in [-0.2, -0.15) is 13.2 Å². The molecule has 0 atom stereocenters. The van der Waals surface area contributed by atoms with Crippen LogP contribution in [0.4, 0.5) is 18.3 Å². The Kier molecular flexibility index (Phi) is 4.86. The SMILES string of the molecule is CCc1nnsc1C(=O)Nc1nc2ccc(OCC(F)(F)F)cc2s1. The van der Waals surface area contributed by atoms with Gasteiger partial charge in [0.05, 0.1) is 15.9 Å². The lowest BCUT2D eigenvalue weighted by atomic mass is 10.3. The number of carbonyl (C=O) groups is 1. The standard InChI is InChI=1S/C14H11F3N4O2S2/c1-2-8-11(25-21-20-8)12(22)19-13-18-9-4-3-7(5-10(9)24-13)23-6-14(15,16)17/h3-5H,2,6H2,1H3,(H,18,19,22). The fourth-order valence-corrected chi connectivity index (χ4v) is 3.51. The molecule has 11 heteroatoms. The maximum atomic E-state index is 12.2. The highest BCUT2D eigenvalue weighted by Gasteiger charge is 2.28. The summed E-state index contributed by atoms with van der Waals surface area (Å²) in [6, 6.07) is 4.40. The summed E-state index contributed by atoms with van der Waals surface area (Å²) in [6.07, 6.45) is -3.82. The van der Waals surface area contributed by atoms with Gasteiger partial charge in [-0.1, -0.05) is 22.7 Å². The van der Waals surface area contributed by atoms with Crippen molar-refractivity contribution in [2.45, 2.75) is 19.5 Å². The van der Waals surface area contributed by atoms with Crippen molar-refractivity contribution in [3.8, 4) is 5.75 Å². The van der Waals surface area contributed by atoms with Gasteiger partial charge in [-0.05, 0) is 36.2 Å². The van der Waals surface area contributed by atoms with Gasteiger partial charge < -0.3 is 4.74 Å². The van der Waals surface area contributed by atoms with Crippen molar-refractivity contribution in [2.24, 2.45) is 0 Å². The van der Waals surface area contributed by atoms with Crippen molar-refractivity contribution in [3.63, 3.8) is 0 Å². The largest absolute Gasteiger partial charge is 0.484 e. The number of amides is 1. The van der Waals surface area contributed by atoms with Gasteiger partial charge in [-0.15, -0.1) is 5.10 Å². The number of hydrogen-bond donors (Lipinski definition) is 1. The van der Waals surface area contributed by atoms with Crippen LogP contribution in [0.5, 0.6) is 5.75 Å². The smallest absolute Gasteiger partial charge is 0.422 e. The highest BCUT2D eigenvalue weighted by atomic mass is 32.1. The number of anilines is 1. The summed E-state index contributed by atoms with van der Waals surface area (Å²) in [5.41, 5.74) is 1.16. The van der Waals surface area contributed by atoms with E-state index in [0.29, 0.717) is 32.3 Å². The number of benzene rings is 1. The number of nitrogens with one attached hydrogen (secondary N) is 1. The highest BCUT2D eigenvalue weighted by molar-refractivity contribution is 7.22. The summed E-state index contributed by atoms with van der Waals surface area (Å²) < 4.78 is 45.7. The van der Waals surface area contributed by atoms with Gasteiger partial charge in [0.1, 0.15) is 10.6 Å². The average molecular weight is 388 g/mol. The molecule has 1 aromatic carbocycles. The normalized spacial score (nSPS) is 11.7. The topological polar surface area (TPSA) is 77.0 Å². The number of halogens is 3. The van der Waals surface area contributed by atoms with Crippen molar-refractivity contribution in [2.75, 3.05) is 11.9 Å². The molecule has 3 rings (SSSR count). The van der Waals surface area contributed by atoms with E-state index in [9.17, 15) is 18.0 Å². The molecule has 0 saturated carbocycles. The van der Waals surface area contributed by atoms with Gasteiger partial charge in [0.2, 0.25) is 0 Å². The molecule has 0 aliphatic carbocycles. The number of nitrogens with zero attached hydrogens (tertiary/aromatic N) is 3. The van der Waals surface area contributed by atoms with E-state index >= 15 is 0 Å². The number of thiazole rings is 1. The van der Waals surface area contributed by atoms with Crippen LogP contribution >= 0.6 is 22.9 Å². The van der Waals surface area contributed by atoms with E-state index in [1.54, 1.807) is 6.07 Å². The lowest BCUT2D eigenvalue weighted by molar-refractivity contribution is -0.153. The second-order valence-electron chi connectivity index (χ2n) is 4.91. The van der Waals surface area contributed by atoms with Crippen LogP contribution in [0.2, 0.25) is 0 Å². The van der Waals surface area contributed by atoms with Gasteiger partial charge >= 0.3 is 6.18 Å². The lowest BCUT2D eigenvalue weighted by Gasteiger charge is -2.08. The molecule has 6 nitrogen and oxygen atoms in total. The Balaban J connectivity index is 1.76. The molecule has 25 heavy (non-hydrogen) atoms. The Morgan fingerprint density at radius 3 is 2.88 bits per heavy atom. The molecule has 0 fully saturated rings. The van der Waals surface area contributed by atoms with E-state index in [2.05, 4.69) is 19.9 Å². The zero-order valence-corrected chi connectivity index (χ0v) is 14.4. The first kappa shape index (κ1) is 17.5. The Morgan fingerprint density at radius 1 is 1.36 bits per heavy atom. The third kappa shape index (κ3) is 4.23. The number of rotatable bonds is 5. The first-order valence-corrected chi connectivity index (χ1v) is 8.67. The molecule has 0 radical (unpaired) electrons. The molecule has 0 saturated heterocycles. The molecule has 0 aliphatic rings. The lowest BCUT2D eigenvalue weighted by Crippen LogP contribution is -2.19. The van der Waals surface area contributed by atoms with Gasteiger partial charge in [-0.25, -0.2) is 4.98 Å². The third-order valence-electron chi connectivity index (χ3n) is 3.08. The molecular formula is C14H11F3N4O2S2. The van der Waals surface area contributed by atoms with Gasteiger partial charge in [-0.3, -0.25) is 10.1 Å². The number of ether oxygens (including phenoxy) is 1. The Hall–Kier alpha value is -2.27. The monoisotopic (exact) mass is 388 g/mol. The van der Waals surface area contributed by atoms with Crippen molar-refractivity contribution >= 4 is 44.1 Å². The summed E-state index contributed by atoms with van der Waals surface area (Å²) in [7, 11) is 0. The number of carbonyl (C=O) groups excluding carboxylic acids is 1. The second kappa shape index (κ2) is 6.92. The summed E-state index contributed by atoms with van der Waals surface area (Å²) in [5.74, 6) is -0.272. The number of aromatic nitrogens is 3. The van der Waals surface area contributed by atoms with Gasteiger partial charge in [0.15, 0.2) is 11.7 Å². The minimum absolute atomic E-state index is 0.0891. The fraction of sp³-hybridized carbons (Fsp3) is 0.286. The summed E-state index contributed by atoms with van der Waals surface area (Å²) in [6.45, 7) is 0.507. The van der Waals surface area contributed by atoms with E-state index in [0.717, 1.165) is 22.9 Å². The number of aryl methyl sites for hydroxylation is 1. The second-order valence-corrected chi connectivity index (χ2v) is 6.69. The minimum atomic E-state index is -4.40. The predicted octanol–water partition coefficient (Wildman–Crippen LogP) is 3.90. The highest BCUT2D eigenvalue weighted by Crippen LogP contribution is 2.30. The molecule has 1 amide bonds. The van der Waals surface area contributed by atoms with E-state index in [1.807, 2.05) is 6.92 Å². The van der Waals surface area contributed by atoms with Crippen LogP contribution in [-0.4, -0.2) is 33.3 Å². The van der Waals surface area contributed by atoms with E-state index in [4.69, 9.17) is 4.74 Å². The van der Waals surface area contributed by atoms with Crippen molar-refractivity contribution in [1.29, 1.82) is 0 Å². The number of alkyl halides is 3. The van der Waals surface area contributed by atoms with Crippen LogP contribution in [0, 0.1) is 0 Å². The van der Waals surface area contributed by atoms with Crippen LogP contribution in [0.3, 0.4) is 0 Å². The Morgan fingerprint density at radius 2 is 2.16 bits per heavy atom. The van der Waals surface area contributed by atoms with E-state index in [1.165, 1.54) is 12.1 Å². The summed E-state index contributed by atoms with van der Waals surface area (Å²) in [5, 5.41) is 6.87. The average Bonchev–Trinajstić information content (AvgIpc) is 3.17. The van der Waals surface area contributed by atoms with Crippen LogP contribution in [-0.2, 0) is 6.42 Å². The molecule has 0 aliphatic heterocycles. The molecule has 1 N–H and O–H groups in total. The maximum absolute atomic E-state index is 12.2. The third-order valence-corrected chi connectivity index (χ3v) is 4.78. The molecular weight excluding hydrogens is 377 g/mol. The van der Waals surface area contributed by atoms with Gasteiger partial charge in [0.25, 0.3) is 5.91 Å². The first-order valence-electron chi connectivity index (χ1n) is 7.08. The fourth-order valence-electron chi connectivity index (χ4n) is 1.98.